The van der Waals surface area contributed by atoms with Crippen molar-refractivity contribution in [3.63, 3.8) is 0 Å². The number of rotatable bonds is 8. The Labute approximate surface area is 201 Å². The van der Waals surface area contributed by atoms with Gasteiger partial charge in [0, 0.05) is 34.4 Å². The van der Waals surface area contributed by atoms with Gasteiger partial charge in [0.15, 0.2) is 0 Å². The van der Waals surface area contributed by atoms with Crippen LogP contribution in [0.2, 0.25) is 0 Å². The number of anilines is 1. The molecule has 0 bridgehead atoms. The third kappa shape index (κ3) is 5.37. The summed E-state index contributed by atoms with van der Waals surface area (Å²) >= 11 is 0. The first-order chi connectivity index (χ1) is 16.3. The van der Waals surface area contributed by atoms with E-state index in [4.69, 9.17) is 0 Å². The van der Waals surface area contributed by atoms with E-state index < -0.39 is 0 Å². The lowest BCUT2D eigenvalue weighted by molar-refractivity contribution is 0.102. The van der Waals surface area contributed by atoms with Crippen LogP contribution in [0, 0.1) is 19.7 Å². The van der Waals surface area contributed by atoms with E-state index in [1.807, 2.05) is 24.3 Å². The second-order valence-corrected chi connectivity index (χ2v) is 9.21. The molecular formula is C29H32FN3O. The number of carbonyl (C=O) groups excluding carboxylic acids is 1. The fourth-order valence-corrected chi connectivity index (χ4v) is 4.39. The quantitative estimate of drug-likeness (QED) is 0.342. The highest BCUT2D eigenvalue weighted by Gasteiger charge is 2.12. The van der Waals surface area contributed by atoms with Gasteiger partial charge in [-0.2, -0.15) is 0 Å². The Balaban J connectivity index is 1.46. The summed E-state index contributed by atoms with van der Waals surface area (Å²) in [4.78, 5) is 14.7. The SMILES string of the molecule is Cc1c(C)n(CCCN(C)C)c2ccc(Cc3ccc(C(=O)Nc4ccc(F)cc4)cc3)cc12. The van der Waals surface area contributed by atoms with Crippen LogP contribution in [-0.2, 0) is 13.0 Å². The molecule has 4 nitrogen and oxygen atoms in total. The molecule has 1 aromatic heterocycles. The lowest BCUT2D eigenvalue weighted by Crippen LogP contribution is -2.15. The summed E-state index contributed by atoms with van der Waals surface area (Å²) in [7, 11) is 4.23. The highest BCUT2D eigenvalue weighted by atomic mass is 19.1. The van der Waals surface area contributed by atoms with Crippen LogP contribution in [0.4, 0.5) is 10.1 Å². The maximum atomic E-state index is 13.1. The van der Waals surface area contributed by atoms with Crippen molar-refractivity contribution in [2.75, 3.05) is 26.0 Å². The average molecular weight is 458 g/mol. The minimum absolute atomic E-state index is 0.207. The van der Waals surface area contributed by atoms with E-state index in [1.165, 1.54) is 39.9 Å². The predicted octanol–water partition coefficient (Wildman–Crippen LogP) is 6.19. The summed E-state index contributed by atoms with van der Waals surface area (Å²) in [6.45, 7) is 6.52. The molecule has 1 N–H and O–H groups in total. The van der Waals surface area contributed by atoms with Gasteiger partial charge in [0.2, 0.25) is 0 Å². The van der Waals surface area contributed by atoms with Gasteiger partial charge in [-0.3, -0.25) is 4.79 Å². The summed E-state index contributed by atoms with van der Waals surface area (Å²) in [5.41, 5.74) is 7.53. The van der Waals surface area contributed by atoms with E-state index in [1.54, 1.807) is 12.1 Å². The monoisotopic (exact) mass is 457 g/mol. The van der Waals surface area contributed by atoms with Crippen molar-refractivity contribution in [1.82, 2.24) is 9.47 Å². The highest BCUT2D eigenvalue weighted by Crippen LogP contribution is 2.27. The van der Waals surface area contributed by atoms with E-state index in [9.17, 15) is 9.18 Å². The van der Waals surface area contributed by atoms with E-state index in [0.717, 1.165) is 31.5 Å². The molecule has 4 aromatic rings. The van der Waals surface area contributed by atoms with Gasteiger partial charge in [0.05, 0.1) is 0 Å². The molecular weight excluding hydrogens is 425 g/mol. The molecule has 0 atom stereocenters. The largest absolute Gasteiger partial charge is 0.345 e. The minimum atomic E-state index is -0.327. The van der Waals surface area contributed by atoms with Crippen LogP contribution in [-0.4, -0.2) is 36.0 Å². The normalized spacial score (nSPS) is 11.4. The third-order valence-corrected chi connectivity index (χ3v) is 6.42. The van der Waals surface area contributed by atoms with Crippen molar-refractivity contribution < 1.29 is 9.18 Å². The molecule has 1 heterocycles. The van der Waals surface area contributed by atoms with Crippen molar-refractivity contribution in [2.45, 2.75) is 33.2 Å². The number of hydrogen-bond donors (Lipinski definition) is 1. The van der Waals surface area contributed by atoms with Crippen molar-refractivity contribution >= 4 is 22.5 Å². The first-order valence-electron chi connectivity index (χ1n) is 11.7. The Morgan fingerprint density at radius 3 is 2.29 bits per heavy atom. The van der Waals surface area contributed by atoms with E-state index >= 15 is 0 Å². The molecule has 0 aliphatic heterocycles. The molecule has 0 fully saturated rings. The number of amides is 1. The van der Waals surface area contributed by atoms with Crippen molar-refractivity contribution in [1.29, 1.82) is 0 Å². The molecule has 0 saturated heterocycles. The molecule has 0 saturated carbocycles. The standard InChI is InChI=1S/C29H32FN3O/c1-20-21(2)33(17-5-16-32(3)4)28-15-8-23(19-27(20)28)18-22-6-9-24(10-7-22)29(34)31-26-13-11-25(30)12-14-26/h6-15,19H,5,16-18H2,1-4H3,(H,31,34). The maximum Gasteiger partial charge on any atom is 0.255 e. The Morgan fingerprint density at radius 2 is 1.62 bits per heavy atom. The Morgan fingerprint density at radius 1 is 0.941 bits per heavy atom. The van der Waals surface area contributed by atoms with Gasteiger partial charge in [0.1, 0.15) is 5.82 Å². The molecule has 0 spiro atoms. The summed E-state index contributed by atoms with van der Waals surface area (Å²) in [6, 6.07) is 20.2. The molecule has 1 amide bonds. The second kappa shape index (κ2) is 10.2. The van der Waals surface area contributed by atoms with Crippen LogP contribution in [0.3, 0.4) is 0 Å². The number of hydrogen-bond acceptors (Lipinski definition) is 2. The number of aryl methyl sites for hydroxylation is 2. The Kier molecular flexibility index (Phi) is 7.13. The molecule has 0 radical (unpaired) electrons. The van der Waals surface area contributed by atoms with Crippen LogP contribution < -0.4 is 5.32 Å². The van der Waals surface area contributed by atoms with E-state index in [2.05, 4.69) is 60.9 Å². The summed E-state index contributed by atoms with van der Waals surface area (Å²) in [5, 5.41) is 4.11. The zero-order valence-corrected chi connectivity index (χ0v) is 20.4. The second-order valence-electron chi connectivity index (χ2n) is 9.21. The number of nitrogens with zero attached hydrogens (tertiary/aromatic N) is 2. The number of benzene rings is 3. The minimum Gasteiger partial charge on any atom is -0.345 e. The fraction of sp³-hybridized carbons (Fsp3) is 0.276. The molecule has 3 aromatic carbocycles. The van der Waals surface area contributed by atoms with Gasteiger partial charge in [0.25, 0.3) is 5.91 Å². The van der Waals surface area contributed by atoms with Gasteiger partial charge in [-0.05, 0) is 113 Å². The first kappa shape index (κ1) is 23.7. The maximum absolute atomic E-state index is 13.1. The van der Waals surface area contributed by atoms with Gasteiger partial charge in [-0.25, -0.2) is 4.39 Å². The van der Waals surface area contributed by atoms with Crippen LogP contribution in [0.5, 0.6) is 0 Å². The zero-order valence-electron chi connectivity index (χ0n) is 20.4. The lowest BCUT2D eigenvalue weighted by Gasteiger charge is -2.12. The molecule has 34 heavy (non-hydrogen) atoms. The van der Waals surface area contributed by atoms with E-state index in [-0.39, 0.29) is 11.7 Å². The van der Waals surface area contributed by atoms with Crippen molar-refractivity contribution in [3.8, 4) is 0 Å². The predicted molar refractivity (Wildman–Crippen MR) is 138 cm³/mol. The summed E-state index contributed by atoms with van der Waals surface area (Å²) in [5.74, 6) is -0.534. The lowest BCUT2D eigenvalue weighted by atomic mass is 10.0. The fourth-order valence-electron chi connectivity index (χ4n) is 4.39. The third-order valence-electron chi connectivity index (χ3n) is 6.42. The Hall–Kier alpha value is -3.44. The molecule has 0 aliphatic carbocycles. The molecule has 5 heteroatoms. The molecule has 0 aliphatic rings. The summed E-state index contributed by atoms with van der Waals surface area (Å²) in [6.07, 6.45) is 1.93. The summed E-state index contributed by atoms with van der Waals surface area (Å²) < 4.78 is 15.5. The van der Waals surface area contributed by atoms with Gasteiger partial charge < -0.3 is 14.8 Å². The van der Waals surface area contributed by atoms with Crippen LogP contribution in [0.15, 0.2) is 66.7 Å². The highest BCUT2D eigenvalue weighted by molar-refractivity contribution is 6.04. The van der Waals surface area contributed by atoms with Gasteiger partial charge in [-0.15, -0.1) is 0 Å². The van der Waals surface area contributed by atoms with Crippen molar-refractivity contribution in [2.24, 2.45) is 0 Å². The number of aromatic nitrogens is 1. The molecule has 0 unspecified atom stereocenters. The van der Waals surface area contributed by atoms with Crippen molar-refractivity contribution in [3.05, 3.63) is 100 Å². The molecule has 176 valence electrons. The topological polar surface area (TPSA) is 37.3 Å². The number of nitrogens with one attached hydrogen (secondary N) is 1. The van der Waals surface area contributed by atoms with Gasteiger partial charge >= 0.3 is 0 Å². The first-order valence-corrected chi connectivity index (χ1v) is 11.7. The Bertz CT molecular complexity index is 1290. The number of carbonyl (C=O) groups is 1. The van der Waals surface area contributed by atoms with E-state index in [0.29, 0.717) is 11.3 Å². The molecule has 4 rings (SSSR count). The number of halogens is 1. The van der Waals surface area contributed by atoms with Crippen LogP contribution in [0.1, 0.15) is 39.2 Å². The number of fused-ring (bicyclic) bond motifs is 1. The van der Waals surface area contributed by atoms with Gasteiger partial charge in [-0.1, -0.05) is 18.2 Å². The zero-order chi connectivity index (χ0) is 24.2. The van der Waals surface area contributed by atoms with Crippen LogP contribution in [0.25, 0.3) is 10.9 Å². The smallest absolute Gasteiger partial charge is 0.255 e. The van der Waals surface area contributed by atoms with Crippen LogP contribution >= 0.6 is 0 Å². The average Bonchev–Trinajstić information content (AvgIpc) is 3.05.